The molecule has 0 spiro atoms. The van der Waals surface area contributed by atoms with E-state index >= 15 is 0 Å². The van der Waals surface area contributed by atoms with Gasteiger partial charge in [-0.2, -0.15) is 4.98 Å². The van der Waals surface area contributed by atoms with Gasteiger partial charge in [0.1, 0.15) is 0 Å². The fourth-order valence-electron chi connectivity index (χ4n) is 1.26. The molecule has 6 heteroatoms. The minimum absolute atomic E-state index is 0. The first-order valence-corrected chi connectivity index (χ1v) is 6.05. The number of rotatable bonds is 4. The quantitative estimate of drug-likeness (QED) is 0.929. The Hall–Kier alpha value is -0.910. The van der Waals surface area contributed by atoms with Gasteiger partial charge in [0, 0.05) is 17.8 Å². The van der Waals surface area contributed by atoms with Gasteiger partial charge in [-0.15, -0.1) is 23.7 Å². The van der Waals surface area contributed by atoms with Gasteiger partial charge in [-0.25, -0.2) is 0 Å². The van der Waals surface area contributed by atoms with Crippen LogP contribution < -0.4 is 5.73 Å². The van der Waals surface area contributed by atoms with Gasteiger partial charge >= 0.3 is 0 Å². The second kappa shape index (κ2) is 5.62. The summed E-state index contributed by atoms with van der Waals surface area (Å²) in [6.45, 7) is 4.48. The van der Waals surface area contributed by atoms with Gasteiger partial charge in [0.15, 0.2) is 5.82 Å². The summed E-state index contributed by atoms with van der Waals surface area (Å²) in [5, 5.41) is 6.01. The van der Waals surface area contributed by atoms with Crippen LogP contribution in [0.3, 0.4) is 0 Å². The molecular weight excluding hydrogens is 258 g/mol. The van der Waals surface area contributed by atoms with Crippen molar-refractivity contribution in [2.24, 2.45) is 5.73 Å². The molecule has 2 N–H and O–H groups in total. The van der Waals surface area contributed by atoms with Crippen LogP contribution in [0.2, 0.25) is 0 Å². The Labute approximate surface area is 111 Å². The Bertz CT molecular complexity index is 453. The highest BCUT2D eigenvalue weighted by atomic mass is 35.5. The minimum atomic E-state index is -0.249. The third-order valence-electron chi connectivity index (χ3n) is 2.47. The van der Waals surface area contributed by atoms with Gasteiger partial charge in [0.25, 0.3) is 0 Å². The van der Waals surface area contributed by atoms with E-state index in [2.05, 4.69) is 16.2 Å². The first-order valence-electron chi connectivity index (χ1n) is 5.17. The van der Waals surface area contributed by atoms with Crippen molar-refractivity contribution in [2.45, 2.75) is 25.7 Å². The Morgan fingerprint density at radius 1 is 1.47 bits per heavy atom. The molecule has 0 aliphatic heterocycles. The molecular formula is C11H16ClN3OS. The maximum atomic E-state index is 5.66. The molecule has 0 unspecified atom stereocenters. The fraction of sp³-hybridized carbons (Fsp3) is 0.455. The lowest BCUT2D eigenvalue weighted by Gasteiger charge is -2.15. The first kappa shape index (κ1) is 14.2. The Balaban J connectivity index is 0.00000144. The van der Waals surface area contributed by atoms with E-state index in [1.54, 1.807) is 11.3 Å². The topological polar surface area (TPSA) is 64.9 Å². The molecule has 2 aromatic heterocycles. The second-order valence-corrected chi connectivity index (χ2v) is 5.39. The summed E-state index contributed by atoms with van der Waals surface area (Å²) in [5.74, 6) is 1.33. The number of hydrogen-bond acceptors (Lipinski definition) is 5. The van der Waals surface area contributed by atoms with E-state index in [1.807, 2.05) is 25.3 Å². The molecule has 2 heterocycles. The van der Waals surface area contributed by atoms with Gasteiger partial charge in [-0.3, -0.25) is 0 Å². The average molecular weight is 274 g/mol. The number of nitrogens with zero attached hydrogens (tertiary/aromatic N) is 2. The molecule has 0 fully saturated rings. The summed E-state index contributed by atoms with van der Waals surface area (Å²) in [5.41, 5.74) is 5.41. The number of thiophene rings is 1. The van der Waals surface area contributed by atoms with Crippen molar-refractivity contribution in [3.63, 3.8) is 0 Å². The molecule has 0 bridgehead atoms. The van der Waals surface area contributed by atoms with Gasteiger partial charge in [-0.1, -0.05) is 11.2 Å². The number of hydrogen-bond donors (Lipinski definition) is 1. The lowest BCUT2D eigenvalue weighted by Crippen LogP contribution is -2.28. The average Bonchev–Trinajstić information content (AvgIpc) is 2.89. The molecule has 0 aromatic carbocycles. The molecule has 0 aliphatic rings. The van der Waals surface area contributed by atoms with Crippen LogP contribution in [0.1, 0.15) is 30.4 Å². The molecule has 0 amide bonds. The molecule has 0 saturated carbocycles. The standard InChI is InChI=1S/C11H15N3OS.ClH/c1-11(2,7-12)10-13-9(14-15-10)6-8-4-3-5-16-8;/h3-5H,6-7,12H2,1-2H3;1H. The highest BCUT2D eigenvalue weighted by Gasteiger charge is 2.25. The van der Waals surface area contributed by atoms with Crippen molar-refractivity contribution in [2.75, 3.05) is 6.54 Å². The summed E-state index contributed by atoms with van der Waals surface area (Å²) < 4.78 is 5.23. The predicted octanol–water partition coefficient (Wildman–Crippen LogP) is 2.38. The predicted molar refractivity (Wildman–Crippen MR) is 70.8 cm³/mol. The van der Waals surface area contributed by atoms with Crippen LogP contribution in [0.15, 0.2) is 22.0 Å². The third kappa shape index (κ3) is 3.28. The zero-order valence-electron chi connectivity index (χ0n) is 9.84. The maximum Gasteiger partial charge on any atom is 0.233 e. The van der Waals surface area contributed by atoms with E-state index in [0.29, 0.717) is 12.4 Å². The highest BCUT2D eigenvalue weighted by Crippen LogP contribution is 2.20. The molecule has 17 heavy (non-hydrogen) atoms. The van der Waals surface area contributed by atoms with Crippen molar-refractivity contribution >= 4 is 23.7 Å². The van der Waals surface area contributed by atoms with Crippen molar-refractivity contribution in [1.29, 1.82) is 0 Å². The van der Waals surface area contributed by atoms with E-state index in [1.165, 1.54) is 4.88 Å². The molecule has 94 valence electrons. The van der Waals surface area contributed by atoms with Gasteiger partial charge in [0.2, 0.25) is 5.89 Å². The third-order valence-corrected chi connectivity index (χ3v) is 3.35. The number of halogens is 1. The molecule has 0 radical (unpaired) electrons. The Morgan fingerprint density at radius 3 is 2.82 bits per heavy atom. The summed E-state index contributed by atoms with van der Waals surface area (Å²) in [7, 11) is 0. The molecule has 2 rings (SSSR count). The lowest BCUT2D eigenvalue weighted by atomic mass is 9.94. The van der Waals surface area contributed by atoms with E-state index in [-0.39, 0.29) is 17.8 Å². The maximum absolute atomic E-state index is 5.66. The van der Waals surface area contributed by atoms with Crippen molar-refractivity contribution in [3.05, 3.63) is 34.1 Å². The van der Waals surface area contributed by atoms with Gasteiger partial charge in [-0.05, 0) is 25.3 Å². The normalized spacial score (nSPS) is 11.2. The first-order chi connectivity index (χ1) is 7.62. The molecule has 2 aromatic rings. The summed E-state index contributed by atoms with van der Waals surface area (Å²) in [6, 6.07) is 4.08. The molecule has 0 aliphatic carbocycles. The highest BCUT2D eigenvalue weighted by molar-refractivity contribution is 7.09. The van der Waals surface area contributed by atoms with Crippen molar-refractivity contribution in [1.82, 2.24) is 10.1 Å². The van der Waals surface area contributed by atoms with Gasteiger partial charge < -0.3 is 10.3 Å². The number of aromatic nitrogens is 2. The van der Waals surface area contributed by atoms with Crippen LogP contribution in [0.5, 0.6) is 0 Å². The van der Waals surface area contributed by atoms with Crippen LogP contribution in [0, 0.1) is 0 Å². The smallest absolute Gasteiger partial charge is 0.233 e. The summed E-state index contributed by atoms with van der Waals surface area (Å²) >= 11 is 1.69. The summed E-state index contributed by atoms with van der Waals surface area (Å²) in [6.07, 6.45) is 0.724. The van der Waals surface area contributed by atoms with Gasteiger partial charge in [0.05, 0.1) is 5.41 Å². The SMILES string of the molecule is CC(C)(CN)c1nc(Cc2cccs2)no1.Cl. The van der Waals surface area contributed by atoms with Crippen LogP contribution in [0.25, 0.3) is 0 Å². The van der Waals surface area contributed by atoms with Crippen LogP contribution in [0.4, 0.5) is 0 Å². The van der Waals surface area contributed by atoms with E-state index < -0.39 is 0 Å². The Kier molecular flexibility index (Phi) is 4.68. The fourth-order valence-corrected chi connectivity index (χ4v) is 1.96. The Morgan fingerprint density at radius 2 is 2.24 bits per heavy atom. The second-order valence-electron chi connectivity index (χ2n) is 4.36. The monoisotopic (exact) mass is 273 g/mol. The van der Waals surface area contributed by atoms with E-state index in [4.69, 9.17) is 10.3 Å². The van der Waals surface area contributed by atoms with Crippen LogP contribution in [-0.4, -0.2) is 16.7 Å². The van der Waals surface area contributed by atoms with Crippen molar-refractivity contribution in [3.8, 4) is 0 Å². The van der Waals surface area contributed by atoms with E-state index in [0.717, 1.165) is 12.2 Å². The summed E-state index contributed by atoms with van der Waals surface area (Å²) in [4.78, 5) is 5.61. The van der Waals surface area contributed by atoms with E-state index in [9.17, 15) is 0 Å². The minimum Gasteiger partial charge on any atom is -0.339 e. The van der Waals surface area contributed by atoms with Crippen LogP contribution >= 0.6 is 23.7 Å². The van der Waals surface area contributed by atoms with Crippen molar-refractivity contribution < 1.29 is 4.52 Å². The van der Waals surface area contributed by atoms with Crippen LogP contribution in [-0.2, 0) is 11.8 Å². The lowest BCUT2D eigenvalue weighted by molar-refractivity contribution is 0.309. The molecule has 4 nitrogen and oxygen atoms in total. The zero-order chi connectivity index (χ0) is 11.6. The number of nitrogens with two attached hydrogens (primary N) is 1. The largest absolute Gasteiger partial charge is 0.339 e. The zero-order valence-corrected chi connectivity index (χ0v) is 11.5. The molecule has 0 atom stereocenters. The molecule has 0 saturated heterocycles.